The van der Waals surface area contributed by atoms with E-state index >= 15 is 0 Å². The second kappa shape index (κ2) is 4.54. The molecule has 2 rings (SSSR count). The van der Waals surface area contributed by atoms with Crippen LogP contribution in [0.2, 0.25) is 0 Å². The van der Waals surface area contributed by atoms with Crippen LogP contribution in [0.1, 0.15) is 5.56 Å². The van der Waals surface area contributed by atoms with Crippen LogP contribution in [-0.2, 0) is 17.1 Å². The van der Waals surface area contributed by atoms with Gasteiger partial charge in [0.1, 0.15) is 5.82 Å². The lowest BCUT2D eigenvalue weighted by molar-refractivity contribution is 0.591. The normalized spacial score (nSPS) is 11.5. The molecule has 3 N–H and O–H groups in total. The zero-order valence-corrected chi connectivity index (χ0v) is 11.2. The van der Waals surface area contributed by atoms with Crippen molar-refractivity contribution in [1.82, 2.24) is 9.78 Å². The van der Waals surface area contributed by atoms with E-state index in [9.17, 15) is 12.8 Å². The van der Waals surface area contributed by atoms with Gasteiger partial charge in [0.05, 0.1) is 16.8 Å². The summed E-state index contributed by atoms with van der Waals surface area (Å²) in [6.07, 6.45) is 2.85. The first-order valence-electron chi connectivity index (χ1n) is 5.36. The molecule has 0 aliphatic heterocycles. The van der Waals surface area contributed by atoms with Crippen molar-refractivity contribution in [3.8, 4) is 0 Å². The number of hydrogen-bond acceptors (Lipinski definition) is 4. The number of rotatable bonds is 3. The van der Waals surface area contributed by atoms with E-state index in [1.807, 2.05) is 0 Å². The molecule has 6 nitrogen and oxygen atoms in total. The van der Waals surface area contributed by atoms with Gasteiger partial charge in [0.15, 0.2) is 0 Å². The summed E-state index contributed by atoms with van der Waals surface area (Å²) in [5.74, 6) is -0.661. The van der Waals surface area contributed by atoms with Crippen LogP contribution >= 0.6 is 0 Å². The highest BCUT2D eigenvalue weighted by Crippen LogP contribution is 2.23. The van der Waals surface area contributed by atoms with Gasteiger partial charge in [-0.05, 0) is 19.1 Å². The van der Waals surface area contributed by atoms with Crippen molar-refractivity contribution in [2.24, 2.45) is 7.05 Å². The first kappa shape index (κ1) is 13.3. The number of nitrogens with zero attached hydrogens (tertiary/aromatic N) is 2. The highest BCUT2D eigenvalue weighted by molar-refractivity contribution is 7.92. The standard InChI is InChI=1S/C11H13FN4O2S/c1-7-10(12)3-8(13)4-11(7)19(17,18)15-9-5-14-16(2)6-9/h3-6,15H,13H2,1-2H3. The number of benzene rings is 1. The molecular weight excluding hydrogens is 271 g/mol. The van der Waals surface area contributed by atoms with Gasteiger partial charge in [0.25, 0.3) is 10.0 Å². The molecule has 1 aromatic carbocycles. The Kier molecular flexibility index (Phi) is 3.19. The SMILES string of the molecule is Cc1c(F)cc(N)cc1S(=O)(=O)Nc1cnn(C)c1. The first-order chi connectivity index (χ1) is 8.79. The number of sulfonamides is 1. The maximum atomic E-state index is 13.5. The minimum absolute atomic E-state index is 0.0191. The second-order valence-corrected chi connectivity index (χ2v) is 5.78. The van der Waals surface area contributed by atoms with Crippen molar-refractivity contribution in [2.45, 2.75) is 11.8 Å². The summed E-state index contributed by atoms with van der Waals surface area (Å²) in [5, 5.41) is 3.84. The summed E-state index contributed by atoms with van der Waals surface area (Å²) in [4.78, 5) is -0.186. The molecular formula is C11H13FN4O2S. The van der Waals surface area contributed by atoms with Gasteiger partial charge in [-0.1, -0.05) is 0 Å². The number of aryl methyl sites for hydroxylation is 1. The minimum Gasteiger partial charge on any atom is -0.399 e. The van der Waals surface area contributed by atoms with E-state index in [1.54, 1.807) is 7.05 Å². The Bertz CT molecular complexity index is 724. The molecule has 0 amide bonds. The number of anilines is 2. The molecule has 0 saturated heterocycles. The summed E-state index contributed by atoms with van der Waals surface area (Å²) in [6, 6.07) is 2.30. The molecule has 0 atom stereocenters. The summed E-state index contributed by atoms with van der Waals surface area (Å²) in [7, 11) is -2.24. The van der Waals surface area contributed by atoms with Crippen LogP contribution in [0.15, 0.2) is 29.4 Å². The number of nitrogen functional groups attached to an aromatic ring is 1. The van der Waals surface area contributed by atoms with Gasteiger partial charge in [-0.15, -0.1) is 0 Å². The number of nitrogens with two attached hydrogens (primary N) is 1. The molecule has 2 aromatic rings. The maximum Gasteiger partial charge on any atom is 0.262 e. The minimum atomic E-state index is -3.90. The van der Waals surface area contributed by atoms with Crippen molar-refractivity contribution in [3.63, 3.8) is 0 Å². The third-order valence-corrected chi connectivity index (χ3v) is 4.07. The molecule has 8 heteroatoms. The average Bonchev–Trinajstić information content (AvgIpc) is 2.68. The molecule has 102 valence electrons. The Morgan fingerprint density at radius 2 is 2.11 bits per heavy atom. The Labute approximate surface area is 110 Å². The van der Waals surface area contributed by atoms with E-state index in [4.69, 9.17) is 5.73 Å². The van der Waals surface area contributed by atoms with Gasteiger partial charge in [-0.3, -0.25) is 9.40 Å². The zero-order valence-electron chi connectivity index (χ0n) is 10.4. The lowest BCUT2D eigenvalue weighted by Crippen LogP contribution is -2.15. The van der Waals surface area contributed by atoms with Gasteiger partial charge in [0, 0.05) is 24.5 Å². The largest absolute Gasteiger partial charge is 0.399 e. The topological polar surface area (TPSA) is 90.0 Å². The number of nitrogens with one attached hydrogen (secondary N) is 1. The van der Waals surface area contributed by atoms with Crippen molar-refractivity contribution in [3.05, 3.63) is 35.9 Å². The third-order valence-electron chi connectivity index (χ3n) is 2.57. The molecule has 0 spiro atoms. The smallest absolute Gasteiger partial charge is 0.262 e. The average molecular weight is 284 g/mol. The number of aromatic nitrogens is 2. The molecule has 1 heterocycles. The Balaban J connectivity index is 2.45. The van der Waals surface area contributed by atoms with Crippen LogP contribution in [0.5, 0.6) is 0 Å². The van der Waals surface area contributed by atoms with Gasteiger partial charge >= 0.3 is 0 Å². The predicted octanol–water partition coefficient (Wildman–Crippen LogP) is 1.25. The van der Waals surface area contributed by atoms with E-state index in [0.717, 1.165) is 6.07 Å². The molecule has 19 heavy (non-hydrogen) atoms. The Morgan fingerprint density at radius 3 is 2.68 bits per heavy atom. The van der Waals surface area contributed by atoms with E-state index in [-0.39, 0.29) is 16.1 Å². The number of halogens is 1. The highest BCUT2D eigenvalue weighted by atomic mass is 32.2. The van der Waals surface area contributed by atoms with E-state index in [2.05, 4.69) is 9.82 Å². The maximum absolute atomic E-state index is 13.5. The third kappa shape index (κ3) is 2.68. The molecule has 0 radical (unpaired) electrons. The van der Waals surface area contributed by atoms with E-state index in [0.29, 0.717) is 5.69 Å². The summed E-state index contributed by atoms with van der Waals surface area (Å²) in [6.45, 7) is 1.38. The molecule has 0 aliphatic carbocycles. The lowest BCUT2D eigenvalue weighted by atomic mass is 10.2. The van der Waals surface area contributed by atoms with Gasteiger partial charge < -0.3 is 5.73 Å². The van der Waals surface area contributed by atoms with Crippen LogP contribution in [0, 0.1) is 12.7 Å². The number of hydrogen-bond donors (Lipinski definition) is 2. The fourth-order valence-electron chi connectivity index (χ4n) is 1.64. The fourth-order valence-corrected chi connectivity index (χ4v) is 2.95. The first-order valence-corrected chi connectivity index (χ1v) is 6.85. The van der Waals surface area contributed by atoms with Gasteiger partial charge in [0.2, 0.25) is 0 Å². The second-order valence-electron chi connectivity index (χ2n) is 4.13. The highest BCUT2D eigenvalue weighted by Gasteiger charge is 2.20. The van der Waals surface area contributed by atoms with Crippen molar-refractivity contribution in [1.29, 1.82) is 0 Å². The monoisotopic (exact) mass is 284 g/mol. The summed E-state index contributed by atoms with van der Waals surface area (Å²) in [5.41, 5.74) is 5.84. The van der Waals surface area contributed by atoms with Crippen LogP contribution in [0.4, 0.5) is 15.8 Å². The molecule has 0 fully saturated rings. The molecule has 0 unspecified atom stereocenters. The zero-order chi connectivity index (χ0) is 14.2. The molecule has 0 bridgehead atoms. The quantitative estimate of drug-likeness (QED) is 0.830. The van der Waals surface area contributed by atoms with Crippen molar-refractivity contribution >= 4 is 21.4 Å². The fraction of sp³-hybridized carbons (Fsp3) is 0.182. The Hall–Kier alpha value is -2.09. The van der Waals surface area contributed by atoms with Gasteiger partial charge in [-0.2, -0.15) is 5.10 Å². The summed E-state index contributed by atoms with van der Waals surface area (Å²) >= 11 is 0. The van der Waals surface area contributed by atoms with Crippen LogP contribution in [0.3, 0.4) is 0 Å². The predicted molar refractivity (Wildman–Crippen MR) is 69.6 cm³/mol. The lowest BCUT2D eigenvalue weighted by Gasteiger charge is -2.10. The van der Waals surface area contributed by atoms with Crippen LogP contribution in [-0.4, -0.2) is 18.2 Å². The van der Waals surface area contributed by atoms with Crippen LogP contribution in [0.25, 0.3) is 0 Å². The van der Waals surface area contributed by atoms with E-state index < -0.39 is 15.8 Å². The van der Waals surface area contributed by atoms with Crippen molar-refractivity contribution < 1.29 is 12.8 Å². The Morgan fingerprint density at radius 1 is 1.42 bits per heavy atom. The van der Waals surface area contributed by atoms with E-state index in [1.165, 1.54) is 30.1 Å². The molecule has 0 saturated carbocycles. The van der Waals surface area contributed by atoms with Gasteiger partial charge in [-0.25, -0.2) is 12.8 Å². The molecule has 0 aliphatic rings. The summed E-state index contributed by atoms with van der Waals surface area (Å²) < 4.78 is 41.6. The molecule has 1 aromatic heterocycles. The van der Waals surface area contributed by atoms with Crippen LogP contribution < -0.4 is 10.5 Å². The van der Waals surface area contributed by atoms with Crippen molar-refractivity contribution in [2.75, 3.05) is 10.5 Å².